The number of carbonyl (C=O) groups is 1. The second-order valence-corrected chi connectivity index (χ2v) is 7.81. The minimum atomic E-state index is -3.14. The fourth-order valence-corrected chi connectivity index (χ4v) is 3.55. The Morgan fingerprint density at radius 1 is 1.18 bits per heavy atom. The van der Waals surface area contributed by atoms with Gasteiger partial charge in [-0.25, -0.2) is 12.7 Å². The molecule has 0 unspecified atom stereocenters. The van der Waals surface area contributed by atoms with Gasteiger partial charge in [0.25, 0.3) is 0 Å². The number of nitrogens with one attached hydrogen (secondary N) is 1. The highest BCUT2D eigenvalue weighted by molar-refractivity contribution is 7.88. The number of piperidine rings is 1. The third kappa shape index (κ3) is 4.55. The summed E-state index contributed by atoms with van der Waals surface area (Å²) in [5.74, 6) is -0.0689. The van der Waals surface area contributed by atoms with Crippen molar-refractivity contribution in [3.8, 4) is 0 Å². The minimum absolute atomic E-state index is 0.0210. The summed E-state index contributed by atoms with van der Waals surface area (Å²) in [6, 6.07) is 8.22. The highest BCUT2D eigenvalue weighted by atomic mass is 32.2. The number of hydrogen-bond acceptors (Lipinski definition) is 3. The molecule has 5 nitrogen and oxygen atoms in total. The van der Waals surface area contributed by atoms with Crippen molar-refractivity contribution in [3.05, 3.63) is 35.4 Å². The van der Waals surface area contributed by atoms with Gasteiger partial charge in [-0.15, -0.1) is 0 Å². The molecule has 22 heavy (non-hydrogen) atoms. The number of hydrogen-bond donors (Lipinski definition) is 1. The molecule has 0 aromatic heterocycles. The van der Waals surface area contributed by atoms with Crippen LogP contribution in [0.4, 0.5) is 0 Å². The molecule has 122 valence electrons. The van der Waals surface area contributed by atoms with Crippen LogP contribution in [0.25, 0.3) is 0 Å². The second kappa shape index (κ2) is 7.24. The van der Waals surface area contributed by atoms with Crippen molar-refractivity contribution in [2.45, 2.75) is 32.7 Å². The molecule has 0 bridgehead atoms. The highest BCUT2D eigenvalue weighted by Crippen LogP contribution is 2.19. The molecule has 6 heteroatoms. The summed E-state index contributed by atoms with van der Waals surface area (Å²) in [6.45, 7) is 3.50. The number of carbonyl (C=O) groups excluding carboxylic acids is 1. The Bertz CT molecular complexity index is 603. The maximum atomic E-state index is 12.2. The van der Waals surface area contributed by atoms with Gasteiger partial charge in [0.15, 0.2) is 0 Å². The first-order valence-corrected chi connectivity index (χ1v) is 9.55. The maximum Gasteiger partial charge on any atom is 0.223 e. The smallest absolute Gasteiger partial charge is 0.223 e. The van der Waals surface area contributed by atoms with Crippen LogP contribution in [0, 0.1) is 5.92 Å². The van der Waals surface area contributed by atoms with E-state index in [9.17, 15) is 13.2 Å². The predicted molar refractivity (Wildman–Crippen MR) is 86.8 cm³/mol. The zero-order valence-corrected chi connectivity index (χ0v) is 14.0. The zero-order chi connectivity index (χ0) is 16.2. The lowest BCUT2D eigenvalue weighted by Crippen LogP contribution is -2.42. The van der Waals surface area contributed by atoms with Crippen LogP contribution in [-0.4, -0.2) is 38.0 Å². The number of nitrogens with zero attached hydrogens (tertiary/aromatic N) is 1. The topological polar surface area (TPSA) is 66.5 Å². The van der Waals surface area contributed by atoms with Crippen LogP contribution in [0.2, 0.25) is 0 Å². The van der Waals surface area contributed by atoms with Gasteiger partial charge < -0.3 is 5.32 Å². The molecule has 0 atom stereocenters. The monoisotopic (exact) mass is 324 g/mol. The minimum Gasteiger partial charge on any atom is -0.352 e. The van der Waals surface area contributed by atoms with E-state index in [1.807, 2.05) is 12.1 Å². The van der Waals surface area contributed by atoms with Gasteiger partial charge in [0.2, 0.25) is 15.9 Å². The van der Waals surface area contributed by atoms with Gasteiger partial charge in [0.1, 0.15) is 0 Å². The second-order valence-electron chi connectivity index (χ2n) is 5.82. The van der Waals surface area contributed by atoms with E-state index in [4.69, 9.17) is 0 Å². The molecular weight excluding hydrogens is 300 g/mol. The van der Waals surface area contributed by atoms with Crippen molar-refractivity contribution in [1.29, 1.82) is 0 Å². The Balaban J connectivity index is 1.80. The molecule has 2 rings (SSSR count). The van der Waals surface area contributed by atoms with Crippen LogP contribution in [0.15, 0.2) is 24.3 Å². The van der Waals surface area contributed by atoms with Crippen molar-refractivity contribution in [2.24, 2.45) is 5.92 Å². The summed E-state index contributed by atoms with van der Waals surface area (Å²) in [4.78, 5) is 12.2. The molecule has 1 aromatic rings. The largest absolute Gasteiger partial charge is 0.352 e. The van der Waals surface area contributed by atoms with Crippen LogP contribution in [0.5, 0.6) is 0 Å². The Labute approximate surface area is 132 Å². The molecule has 1 aliphatic rings. The van der Waals surface area contributed by atoms with E-state index in [-0.39, 0.29) is 11.8 Å². The number of amides is 1. The molecule has 1 heterocycles. The van der Waals surface area contributed by atoms with Crippen molar-refractivity contribution < 1.29 is 13.2 Å². The van der Waals surface area contributed by atoms with E-state index >= 15 is 0 Å². The molecule has 1 aromatic carbocycles. The Morgan fingerprint density at radius 2 is 1.73 bits per heavy atom. The first kappa shape index (κ1) is 17.0. The van der Waals surface area contributed by atoms with Crippen molar-refractivity contribution in [3.63, 3.8) is 0 Å². The summed E-state index contributed by atoms with van der Waals surface area (Å²) in [5, 5.41) is 2.95. The summed E-state index contributed by atoms with van der Waals surface area (Å²) in [7, 11) is -3.14. The molecule has 0 radical (unpaired) electrons. The van der Waals surface area contributed by atoms with Crippen LogP contribution < -0.4 is 5.32 Å². The van der Waals surface area contributed by atoms with Gasteiger partial charge >= 0.3 is 0 Å². The Kier molecular flexibility index (Phi) is 5.58. The third-order valence-corrected chi connectivity index (χ3v) is 5.49. The van der Waals surface area contributed by atoms with Gasteiger partial charge in [-0.05, 0) is 30.4 Å². The number of aryl methyl sites for hydroxylation is 1. The molecule has 1 fully saturated rings. The molecule has 0 spiro atoms. The summed E-state index contributed by atoms with van der Waals surface area (Å²) in [6.07, 6.45) is 3.40. The lowest BCUT2D eigenvalue weighted by molar-refractivity contribution is -0.126. The van der Waals surface area contributed by atoms with E-state index < -0.39 is 10.0 Å². The molecule has 0 aliphatic carbocycles. The van der Waals surface area contributed by atoms with Crippen molar-refractivity contribution in [2.75, 3.05) is 19.3 Å². The highest BCUT2D eigenvalue weighted by Gasteiger charge is 2.28. The van der Waals surface area contributed by atoms with E-state index in [0.29, 0.717) is 32.5 Å². The van der Waals surface area contributed by atoms with E-state index in [0.717, 1.165) is 12.0 Å². The van der Waals surface area contributed by atoms with Gasteiger partial charge in [-0.3, -0.25) is 4.79 Å². The third-order valence-electron chi connectivity index (χ3n) is 4.19. The first-order chi connectivity index (χ1) is 10.4. The standard InChI is InChI=1S/C16H24N2O3S/c1-3-13-4-6-14(7-5-13)12-17-16(19)15-8-10-18(11-9-15)22(2,20)21/h4-7,15H,3,8-12H2,1-2H3,(H,17,19). The maximum absolute atomic E-state index is 12.2. The van der Waals surface area contributed by atoms with Gasteiger partial charge in [0.05, 0.1) is 6.26 Å². The molecule has 1 N–H and O–H groups in total. The molecule has 1 amide bonds. The van der Waals surface area contributed by atoms with E-state index in [1.165, 1.54) is 16.1 Å². The van der Waals surface area contributed by atoms with E-state index in [2.05, 4.69) is 24.4 Å². The van der Waals surface area contributed by atoms with Crippen molar-refractivity contribution >= 4 is 15.9 Å². The average Bonchev–Trinajstić information content (AvgIpc) is 2.52. The van der Waals surface area contributed by atoms with Crippen LogP contribution in [-0.2, 0) is 27.8 Å². The summed E-state index contributed by atoms with van der Waals surface area (Å²) in [5.41, 5.74) is 2.36. The normalized spacial score (nSPS) is 17.4. The number of rotatable bonds is 5. The van der Waals surface area contributed by atoms with E-state index in [1.54, 1.807) is 0 Å². The first-order valence-electron chi connectivity index (χ1n) is 7.71. The van der Waals surface area contributed by atoms with Crippen LogP contribution >= 0.6 is 0 Å². The molecule has 0 saturated carbocycles. The quantitative estimate of drug-likeness (QED) is 0.893. The molecule has 1 aliphatic heterocycles. The average molecular weight is 324 g/mol. The van der Waals surface area contributed by atoms with Gasteiger partial charge in [-0.2, -0.15) is 0 Å². The van der Waals surface area contributed by atoms with Gasteiger partial charge in [-0.1, -0.05) is 31.2 Å². The zero-order valence-electron chi connectivity index (χ0n) is 13.2. The summed E-state index contributed by atoms with van der Waals surface area (Å²) < 4.78 is 24.3. The SMILES string of the molecule is CCc1ccc(CNC(=O)C2CCN(S(C)(=O)=O)CC2)cc1. The number of sulfonamides is 1. The lowest BCUT2D eigenvalue weighted by atomic mass is 9.97. The fourth-order valence-electron chi connectivity index (χ4n) is 2.68. The van der Waals surface area contributed by atoms with Crippen LogP contribution in [0.3, 0.4) is 0 Å². The Hall–Kier alpha value is -1.40. The van der Waals surface area contributed by atoms with Crippen LogP contribution in [0.1, 0.15) is 30.9 Å². The lowest BCUT2D eigenvalue weighted by Gasteiger charge is -2.29. The number of benzene rings is 1. The van der Waals surface area contributed by atoms with Crippen molar-refractivity contribution in [1.82, 2.24) is 9.62 Å². The molecular formula is C16H24N2O3S. The summed E-state index contributed by atoms with van der Waals surface area (Å²) >= 11 is 0. The molecule has 1 saturated heterocycles. The Morgan fingerprint density at radius 3 is 2.23 bits per heavy atom. The predicted octanol–water partition coefficient (Wildman–Crippen LogP) is 1.54. The fraction of sp³-hybridized carbons (Fsp3) is 0.562. The van der Waals surface area contributed by atoms with Gasteiger partial charge in [0, 0.05) is 25.6 Å².